The Morgan fingerprint density at radius 2 is 2.00 bits per heavy atom. The number of nitriles is 1. The molecule has 0 atom stereocenters. The van der Waals surface area contributed by atoms with Crippen molar-refractivity contribution in [3.63, 3.8) is 0 Å². The van der Waals surface area contributed by atoms with Crippen molar-refractivity contribution in [2.45, 2.75) is 33.2 Å². The maximum atomic E-state index is 9.31. The van der Waals surface area contributed by atoms with Crippen molar-refractivity contribution in [1.82, 2.24) is 4.57 Å². The number of hydrogen-bond donors (Lipinski definition) is 0. The van der Waals surface area contributed by atoms with E-state index in [1.807, 2.05) is 18.2 Å². The maximum Gasteiger partial charge on any atom is 0.102 e. The minimum Gasteiger partial charge on any atom is -0.343 e. The molecule has 0 fully saturated rings. The van der Waals surface area contributed by atoms with E-state index in [4.69, 9.17) is 0 Å². The quantitative estimate of drug-likeness (QED) is 0.746. The molecule has 0 saturated heterocycles. The second-order valence-corrected chi connectivity index (χ2v) is 4.29. The predicted molar refractivity (Wildman–Crippen MR) is 66.4 cm³/mol. The zero-order valence-corrected chi connectivity index (χ0v) is 9.99. The van der Waals surface area contributed by atoms with Gasteiger partial charge in [-0.1, -0.05) is 32.0 Å². The normalized spacial score (nSPS) is 10.9. The number of nitrogens with zero attached hydrogens (tertiary/aromatic N) is 2. The van der Waals surface area contributed by atoms with Gasteiger partial charge in [0.2, 0.25) is 0 Å². The summed E-state index contributed by atoms with van der Waals surface area (Å²) < 4.78 is 2.25. The van der Waals surface area contributed by atoms with Crippen LogP contribution in [0.15, 0.2) is 24.3 Å². The fourth-order valence-corrected chi connectivity index (χ4v) is 2.38. The maximum absolute atomic E-state index is 9.31. The molecule has 0 saturated carbocycles. The van der Waals surface area contributed by atoms with Crippen LogP contribution in [0, 0.1) is 11.3 Å². The first-order valence-electron chi connectivity index (χ1n) is 5.71. The largest absolute Gasteiger partial charge is 0.343 e. The lowest BCUT2D eigenvalue weighted by atomic mass is 10.0. The van der Waals surface area contributed by atoms with Crippen LogP contribution >= 0.6 is 0 Å². The lowest BCUT2D eigenvalue weighted by Crippen LogP contribution is -2.03. The average Bonchev–Trinajstić information content (AvgIpc) is 2.62. The van der Waals surface area contributed by atoms with E-state index in [-0.39, 0.29) is 0 Å². The highest BCUT2D eigenvalue weighted by Gasteiger charge is 2.17. The molecule has 0 aliphatic rings. The first kappa shape index (κ1) is 10.8. The van der Waals surface area contributed by atoms with Gasteiger partial charge in [-0.3, -0.25) is 0 Å². The number of hydrogen-bond acceptors (Lipinski definition) is 1. The summed E-state index contributed by atoms with van der Waals surface area (Å²) in [7, 11) is 0. The highest BCUT2D eigenvalue weighted by Crippen LogP contribution is 2.30. The molecule has 0 aliphatic heterocycles. The molecule has 2 nitrogen and oxygen atoms in total. The molecule has 0 aliphatic carbocycles. The van der Waals surface area contributed by atoms with Gasteiger partial charge in [-0.15, -0.1) is 0 Å². The van der Waals surface area contributed by atoms with Gasteiger partial charge in [0.15, 0.2) is 0 Å². The molecule has 0 N–H and O–H groups in total. The second-order valence-electron chi connectivity index (χ2n) is 4.29. The van der Waals surface area contributed by atoms with Crippen LogP contribution in [0.2, 0.25) is 0 Å². The molecule has 82 valence electrons. The summed E-state index contributed by atoms with van der Waals surface area (Å²) in [5, 5.41) is 10.4. The summed E-state index contributed by atoms with van der Waals surface area (Å²) in [5.41, 5.74) is 3.17. The highest BCUT2D eigenvalue weighted by molar-refractivity contribution is 5.88. The van der Waals surface area contributed by atoms with Crippen LogP contribution in [0.3, 0.4) is 0 Å². The summed E-state index contributed by atoms with van der Waals surface area (Å²) >= 11 is 0. The number of benzene rings is 1. The number of fused-ring (bicyclic) bond motifs is 1. The Morgan fingerprint density at radius 1 is 1.31 bits per heavy atom. The van der Waals surface area contributed by atoms with Crippen molar-refractivity contribution >= 4 is 10.9 Å². The molecule has 0 radical (unpaired) electrons. The molecule has 16 heavy (non-hydrogen) atoms. The van der Waals surface area contributed by atoms with Gasteiger partial charge in [-0.25, -0.2) is 0 Å². The third-order valence-electron chi connectivity index (χ3n) is 2.99. The Bertz CT molecular complexity index is 556. The average molecular weight is 212 g/mol. The van der Waals surface area contributed by atoms with E-state index in [0.717, 1.165) is 23.2 Å². The zero-order valence-electron chi connectivity index (χ0n) is 9.99. The summed E-state index contributed by atoms with van der Waals surface area (Å²) in [6.07, 6.45) is 0. The van der Waals surface area contributed by atoms with Gasteiger partial charge in [-0.05, 0) is 18.9 Å². The summed E-state index contributed by atoms with van der Waals surface area (Å²) in [5.74, 6) is 0.377. The van der Waals surface area contributed by atoms with Crippen molar-refractivity contribution in [2.75, 3.05) is 0 Å². The van der Waals surface area contributed by atoms with Gasteiger partial charge in [0.1, 0.15) is 6.07 Å². The third kappa shape index (κ3) is 1.40. The lowest BCUT2D eigenvalue weighted by Gasteiger charge is -2.10. The van der Waals surface area contributed by atoms with Crippen molar-refractivity contribution in [1.29, 1.82) is 5.26 Å². The van der Waals surface area contributed by atoms with Crippen LogP contribution in [0.25, 0.3) is 10.9 Å². The van der Waals surface area contributed by atoms with Crippen molar-refractivity contribution in [2.24, 2.45) is 0 Å². The van der Waals surface area contributed by atoms with Crippen molar-refractivity contribution in [3.8, 4) is 6.07 Å². The first-order valence-corrected chi connectivity index (χ1v) is 5.71. The van der Waals surface area contributed by atoms with E-state index in [9.17, 15) is 5.26 Å². The predicted octanol–water partition coefficient (Wildman–Crippen LogP) is 3.66. The standard InChI is InChI=1S/C14H16N2/c1-4-16-13-8-6-5-7-11(13)12(9-15)14(16)10(2)3/h5-8,10H,4H2,1-3H3. The Labute approximate surface area is 96.1 Å². The second kappa shape index (κ2) is 4.02. The number of aryl methyl sites for hydroxylation is 1. The van der Waals surface area contributed by atoms with E-state index in [0.29, 0.717) is 5.92 Å². The molecule has 0 amide bonds. The van der Waals surface area contributed by atoms with Crippen LogP contribution in [0.5, 0.6) is 0 Å². The Balaban J connectivity index is 2.91. The number of aromatic nitrogens is 1. The first-order chi connectivity index (χ1) is 7.70. The van der Waals surface area contributed by atoms with E-state index in [1.54, 1.807) is 0 Å². The van der Waals surface area contributed by atoms with E-state index in [2.05, 4.69) is 37.5 Å². The monoisotopic (exact) mass is 212 g/mol. The molecule has 0 bridgehead atoms. The minimum atomic E-state index is 0.377. The van der Waals surface area contributed by atoms with Crippen molar-refractivity contribution in [3.05, 3.63) is 35.5 Å². The van der Waals surface area contributed by atoms with Gasteiger partial charge >= 0.3 is 0 Å². The minimum absolute atomic E-state index is 0.377. The highest BCUT2D eigenvalue weighted by atomic mass is 15.0. The van der Waals surface area contributed by atoms with Gasteiger partial charge in [0.05, 0.1) is 5.56 Å². The van der Waals surface area contributed by atoms with E-state index < -0.39 is 0 Å². The number of rotatable bonds is 2. The summed E-state index contributed by atoms with van der Waals surface area (Å²) in [4.78, 5) is 0. The van der Waals surface area contributed by atoms with Crippen LogP contribution < -0.4 is 0 Å². The van der Waals surface area contributed by atoms with Gasteiger partial charge in [0, 0.05) is 23.1 Å². The molecule has 0 unspecified atom stereocenters. The van der Waals surface area contributed by atoms with E-state index in [1.165, 1.54) is 5.52 Å². The van der Waals surface area contributed by atoms with Crippen LogP contribution in [0.4, 0.5) is 0 Å². The molecule has 2 rings (SSSR count). The molecule has 1 aromatic carbocycles. The lowest BCUT2D eigenvalue weighted by molar-refractivity contribution is 0.689. The molecular weight excluding hydrogens is 196 g/mol. The fourth-order valence-electron chi connectivity index (χ4n) is 2.38. The molecular formula is C14H16N2. The van der Waals surface area contributed by atoms with Gasteiger partial charge < -0.3 is 4.57 Å². The van der Waals surface area contributed by atoms with Crippen LogP contribution in [-0.2, 0) is 6.54 Å². The smallest absolute Gasteiger partial charge is 0.102 e. The summed E-state index contributed by atoms with van der Waals surface area (Å²) in [6, 6.07) is 10.5. The summed E-state index contributed by atoms with van der Waals surface area (Å²) in [6.45, 7) is 7.32. The molecule has 1 heterocycles. The Morgan fingerprint density at radius 3 is 2.56 bits per heavy atom. The third-order valence-corrected chi connectivity index (χ3v) is 2.99. The van der Waals surface area contributed by atoms with Crippen molar-refractivity contribution < 1.29 is 0 Å². The molecule has 2 aromatic rings. The van der Waals surface area contributed by atoms with Crippen LogP contribution in [-0.4, -0.2) is 4.57 Å². The topological polar surface area (TPSA) is 28.7 Å². The van der Waals surface area contributed by atoms with Gasteiger partial charge in [-0.2, -0.15) is 5.26 Å². The van der Waals surface area contributed by atoms with Gasteiger partial charge in [0.25, 0.3) is 0 Å². The molecule has 0 spiro atoms. The van der Waals surface area contributed by atoms with Crippen LogP contribution in [0.1, 0.15) is 37.9 Å². The zero-order chi connectivity index (χ0) is 11.7. The SMILES string of the molecule is CCn1c(C(C)C)c(C#N)c2ccccc21. The molecule has 1 aromatic heterocycles. The Hall–Kier alpha value is -1.75. The molecule has 2 heteroatoms. The Kier molecular flexibility index (Phi) is 2.70. The number of para-hydroxylation sites is 1. The van der Waals surface area contributed by atoms with E-state index >= 15 is 0 Å². The fraction of sp³-hybridized carbons (Fsp3) is 0.357.